The van der Waals surface area contributed by atoms with Crippen LogP contribution < -0.4 is 15.3 Å². The van der Waals surface area contributed by atoms with E-state index >= 15 is 0 Å². The fourth-order valence-electron chi connectivity index (χ4n) is 4.61. The van der Waals surface area contributed by atoms with E-state index < -0.39 is 19.8 Å². The largest absolute Gasteiger partial charge is 0.468 e. The Balaban J connectivity index is 1.31. The lowest BCUT2D eigenvalue weighted by Crippen LogP contribution is -2.39. The van der Waals surface area contributed by atoms with Gasteiger partial charge in [0.15, 0.2) is 0 Å². The van der Waals surface area contributed by atoms with E-state index in [1.54, 1.807) is 24.3 Å². The fourth-order valence-corrected chi connectivity index (χ4v) is 6.15. The molecule has 4 atom stereocenters. The number of carbonyl (C=O) groups excluding carboxylic acids is 1. The standard InChI is InChI=1S/C28H30N5O5P/c1-36-28(34)25(17-20-8-4-2-5-9-20)32-39(35,38-23-10-6-3-7-11-23)37-18-21-12-13-22(16-21)33-15-14-24-26(29)30-19-31-27(24)33/h2-15,19,21-22,25H,16-18H2,1H3,(H,32,35)(H2,29,30,31)/t21-,22+,25+,39?/m1/s1. The second-order valence-corrected chi connectivity index (χ2v) is 11.0. The quantitative estimate of drug-likeness (QED) is 0.156. The van der Waals surface area contributed by atoms with Gasteiger partial charge in [-0.15, -0.1) is 0 Å². The lowest BCUT2D eigenvalue weighted by atomic mass is 10.1. The number of aromatic nitrogens is 3. The topological polar surface area (TPSA) is 131 Å². The molecule has 2 aromatic heterocycles. The molecule has 0 bridgehead atoms. The van der Waals surface area contributed by atoms with Crippen molar-refractivity contribution in [3.8, 4) is 5.75 Å². The van der Waals surface area contributed by atoms with Gasteiger partial charge >= 0.3 is 13.7 Å². The number of fused-ring (bicyclic) bond motifs is 1. The Morgan fingerprint density at radius 1 is 1.10 bits per heavy atom. The number of hydrogen-bond acceptors (Lipinski definition) is 8. The van der Waals surface area contributed by atoms with Crippen LogP contribution in [-0.2, 0) is 25.0 Å². The molecule has 2 aromatic carbocycles. The molecule has 4 aromatic rings. The van der Waals surface area contributed by atoms with Gasteiger partial charge in [0.2, 0.25) is 0 Å². The zero-order valence-electron chi connectivity index (χ0n) is 21.4. The van der Waals surface area contributed by atoms with Crippen molar-refractivity contribution in [3.05, 3.63) is 97.0 Å². The highest BCUT2D eigenvalue weighted by Crippen LogP contribution is 2.46. The van der Waals surface area contributed by atoms with Gasteiger partial charge in [-0.3, -0.25) is 9.32 Å². The van der Waals surface area contributed by atoms with E-state index in [0.29, 0.717) is 18.0 Å². The Kier molecular flexibility index (Phi) is 8.07. The number of benzene rings is 2. The van der Waals surface area contributed by atoms with Crippen LogP contribution in [0.3, 0.4) is 0 Å². The average molecular weight is 548 g/mol. The van der Waals surface area contributed by atoms with Crippen molar-refractivity contribution in [2.24, 2.45) is 5.92 Å². The van der Waals surface area contributed by atoms with Crippen molar-refractivity contribution in [1.29, 1.82) is 0 Å². The second kappa shape index (κ2) is 11.8. The van der Waals surface area contributed by atoms with Crippen molar-refractivity contribution < 1.29 is 23.1 Å². The third-order valence-corrected chi connectivity index (χ3v) is 8.12. The highest BCUT2D eigenvalue weighted by Gasteiger charge is 2.36. The van der Waals surface area contributed by atoms with Gasteiger partial charge in [0.25, 0.3) is 0 Å². The minimum Gasteiger partial charge on any atom is -0.468 e. The Morgan fingerprint density at radius 3 is 2.59 bits per heavy atom. The molecule has 3 N–H and O–H groups in total. The first-order valence-electron chi connectivity index (χ1n) is 12.6. The molecule has 1 unspecified atom stereocenters. The van der Waals surface area contributed by atoms with Crippen LogP contribution in [0.4, 0.5) is 5.82 Å². The number of nitrogen functional groups attached to an aromatic ring is 1. The van der Waals surface area contributed by atoms with Crippen molar-refractivity contribution in [2.45, 2.75) is 24.9 Å². The Hall–Kier alpha value is -3.98. The van der Waals surface area contributed by atoms with Gasteiger partial charge in [-0.1, -0.05) is 60.7 Å². The minimum atomic E-state index is -4.01. The van der Waals surface area contributed by atoms with Crippen LogP contribution in [-0.4, -0.2) is 40.3 Å². The fraction of sp³-hybridized carbons (Fsp3) is 0.250. The molecule has 10 nitrogen and oxygen atoms in total. The molecule has 39 heavy (non-hydrogen) atoms. The summed E-state index contributed by atoms with van der Waals surface area (Å²) in [5.41, 5.74) is 7.61. The number of rotatable bonds is 11. The number of nitrogens with two attached hydrogens (primary N) is 1. The molecule has 1 aliphatic carbocycles. The van der Waals surface area contributed by atoms with E-state index in [1.165, 1.54) is 13.4 Å². The number of allylic oxidation sites excluding steroid dienone is 1. The highest BCUT2D eigenvalue weighted by molar-refractivity contribution is 7.52. The SMILES string of the molecule is COC(=O)[C@H](Cc1ccccc1)NP(=O)(OC[C@@H]1C=C[C@H](n2ccc3c(N)ncnc32)C1)Oc1ccccc1. The number of esters is 1. The molecule has 11 heteroatoms. The molecule has 0 saturated heterocycles. The third-order valence-electron chi connectivity index (χ3n) is 6.56. The molecular weight excluding hydrogens is 517 g/mol. The molecule has 0 amide bonds. The van der Waals surface area contributed by atoms with Crippen molar-refractivity contribution in [2.75, 3.05) is 19.5 Å². The first-order chi connectivity index (χ1) is 18.9. The molecule has 0 saturated carbocycles. The van der Waals surface area contributed by atoms with Crippen LogP contribution in [0.15, 0.2) is 91.4 Å². The van der Waals surface area contributed by atoms with Crippen LogP contribution in [0.1, 0.15) is 18.0 Å². The number of carbonyl (C=O) groups is 1. The zero-order valence-corrected chi connectivity index (χ0v) is 22.3. The predicted octanol–water partition coefficient (Wildman–Crippen LogP) is 4.71. The van der Waals surface area contributed by atoms with Crippen LogP contribution in [0.5, 0.6) is 5.75 Å². The molecule has 0 fully saturated rings. The van der Waals surface area contributed by atoms with E-state index in [4.69, 9.17) is 19.5 Å². The summed E-state index contributed by atoms with van der Waals surface area (Å²) in [7, 11) is -2.72. The molecule has 2 heterocycles. The van der Waals surface area contributed by atoms with Crippen LogP contribution in [0.25, 0.3) is 11.0 Å². The normalized spacial score (nSPS) is 19.0. The number of anilines is 1. The maximum absolute atomic E-state index is 14.1. The van der Waals surface area contributed by atoms with E-state index in [0.717, 1.165) is 16.6 Å². The summed E-state index contributed by atoms with van der Waals surface area (Å²) in [5, 5.41) is 3.64. The summed E-state index contributed by atoms with van der Waals surface area (Å²) >= 11 is 0. The maximum atomic E-state index is 14.1. The summed E-state index contributed by atoms with van der Waals surface area (Å²) in [6, 6.07) is 19.1. The molecule has 1 aliphatic rings. The van der Waals surface area contributed by atoms with E-state index in [2.05, 4.69) is 21.1 Å². The van der Waals surface area contributed by atoms with Gasteiger partial charge in [-0.2, -0.15) is 5.09 Å². The first-order valence-corrected chi connectivity index (χ1v) is 14.1. The van der Waals surface area contributed by atoms with Gasteiger partial charge in [-0.05, 0) is 36.6 Å². The molecular formula is C28H30N5O5P. The summed E-state index contributed by atoms with van der Waals surface area (Å²) in [4.78, 5) is 21.1. The van der Waals surface area contributed by atoms with Crippen molar-refractivity contribution >= 4 is 30.6 Å². The lowest BCUT2D eigenvalue weighted by Gasteiger charge is -2.25. The lowest BCUT2D eigenvalue weighted by molar-refractivity contribution is -0.142. The van der Waals surface area contributed by atoms with Gasteiger partial charge in [0.05, 0.1) is 25.1 Å². The Morgan fingerprint density at radius 2 is 1.85 bits per heavy atom. The third kappa shape index (κ3) is 6.37. The smallest absolute Gasteiger partial charge is 0.459 e. The van der Waals surface area contributed by atoms with Crippen LogP contribution >= 0.6 is 7.75 Å². The number of para-hydroxylation sites is 1. The van der Waals surface area contributed by atoms with Gasteiger partial charge < -0.3 is 19.6 Å². The summed E-state index contributed by atoms with van der Waals surface area (Å²) in [5.74, 6) is 0.168. The van der Waals surface area contributed by atoms with Crippen LogP contribution in [0, 0.1) is 5.92 Å². The van der Waals surface area contributed by atoms with Gasteiger partial charge in [0, 0.05) is 12.1 Å². The number of hydrogen-bond donors (Lipinski definition) is 2. The zero-order chi connectivity index (χ0) is 27.2. The number of nitrogens with one attached hydrogen (secondary N) is 1. The second-order valence-electron chi connectivity index (χ2n) is 9.26. The Labute approximate surface area is 226 Å². The first kappa shape index (κ1) is 26.6. The Bertz CT molecular complexity index is 1490. The maximum Gasteiger partial charge on any atom is 0.459 e. The minimum absolute atomic E-state index is 0.0219. The van der Waals surface area contributed by atoms with Crippen molar-refractivity contribution in [1.82, 2.24) is 19.6 Å². The number of ether oxygens (including phenoxy) is 1. The molecule has 0 aliphatic heterocycles. The number of nitrogens with zero attached hydrogens (tertiary/aromatic N) is 3. The molecule has 0 radical (unpaired) electrons. The van der Waals surface area contributed by atoms with E-state index in [9.17, 15) is 9.36 Å². The van der Waals surface area contributed by atoms with Crippen LogP contribution in [0.2, 0.25) is 0 Å². The average Bonchev–Trinajstić information content (AvgIpc) is 3.60. The molecule has 202 valence electrons. The monoisotopic (exact) mass is 547 g/mol. The highest BCUT2D eigenvalue weighted by atomic mass is 31.2. The van der Waals surface area contributed by atoms with E-state index in [-0.39, 0.29) is 25.0 Å². The predicted molar refractivity (Wildman–Crippen MR) is 148 cm³/mol. The molecule has 0 spiro atoms. The van der Waals surface area contributed by atoms with Crippen molar-refractivity contribution in [3.63, 3.8) is 0 Å². The summed E-state index contributed by atoms with van der Waals surface area (Å²) in [6.07, 6.45) is 8.41. The number of methoxy groups -OCH3 is 1. The van der Waals surface area contributed by atoms with Gasteiger partial charge in [0.1, 0.15) is 29.6 Å². The molecule has 5 rings (SSSR count). The van der Waals surface area contributed by atoms with Gasteiger partial charge in [-0.25, -0.2) is 14.5 Å². The van der Waals surface area contributed by atoms with E-state index in [1.807, 2.05) is 59.3 Å². The summed E-state index contributed by atoms with van der Waals surface area (Å²) in [6.45, 7) is 0.111. The summed E-state index contributed by atoms with van der Waals surface area (Å²) < 4.78 is 32.9.